The normalized spacial score (nSPS) is 11.6. The van der Waals surface area contributed by atoms with Gasteiger partial charge in [0.15, 0.2) is 0 Å². The summed E-state index contributed by atoms with van der Waals surface area (Å²) in [6, 6.07) is 9.27. The van der Waals surface area contributed by atoms with Gasteiger partial charge in [0.05, 0.1) is 13.7 Å². The molecule has 0 saturated heterocycles. The molecule has 29 heavy (non-hydrogen) atoms. The number of carbonyl (C=O) groups excluding carboxylic acids is 1. The summed E-state index contributed by atoms with van der Waals surface area (Å²) in [4.78, 5) is 12.6. The third-order valence-corrected chi connectivity index (χ3v) is 5.07. The molecule has 0 fully saturated rings. The average molecular weight is 393 g/mol. The molecule has 0 aliphatic heterocycles. The van der Waals surface area contributed by atoms with Crippen LogP contribution in [0.3, 0.4) is 0 Å². The van der Waals surface area contributed by atoms with Crippen LogP contribution in [0.5, 0.6) is 11.5 Å². The van der Waals surface area contributed by atoms with Crippen molar-refractivity contribution in [1.29, 1.82) is 0 Å². The van der Waals surface area contributed by atoms with Crippen LogP contribution in [0.2, 0.25) is 0 Å². The van der Waals surface area contributed by atoms with E-state index in [4.69, 9.17) is 13.9 Å². The Morgan fingerprint density at radius 2 is 1.83 bits per heavy atom. The summed E-state index contributed by atoms with van der Waals surface area (Å²) >= 11 is 0. The van der Waals surface area contributed by atoms with Crippen LogP contribution in [0, 0.1) is 20.8 Å². The number of allylic oxidation sites excluding steroid dienone is 1. The van der Waals surface area contributed by atoms with Crippen molar-refractivity contribution in [3.05, 3.63) is 58.9 Å². The Morgan fingerprint density at radius 3 is 2.45 bits per heavy atom. The summed E-state index contributed by atoms with van der Waals surface area (Å²) in [6.07, 6.45) is 1.59. The van der Waals surface area contributed by atoms with Crippen molar-refractivity contribution in [2.24, 2.45) is 0 Å². The van der Waals surface area contributed by atoms with Crippen LogP contribution in [0.15, 0.2) is 40.8 Å². The average Bonchev–Trinajstić information content (AvgIpc) is 2.99. The summed E-state index contributed by atoms with van der Waals surface area (Å²) in [6.45, 7) is 10.4. The van der Waals surface area contributed by atoms with Gasteiger partial charge in [0.25, 0.3) is 0 Å². The lowest BCUT2D eigenvalue weighted by atomic mass is 9.98. The number of hydrogen-bond donors (Lipinski definition) is 1. The van der Waals surface area contributed by atoms with Gasteiger partial charge in [-0.1, -0.05) is 0 Å². The van der Waals surface area contributed by atoms with E-state index in [0.29, 0.717) is 12.3 Å². The number of fused-ring (bicyclic) bond motifs is 1. The molecule has 0 atom stereocenters. The zero-order valence-electron chi connectivity index (χ0n) is 17.8. The molecule has 2 aromatic carbocycles. The Bertz CT molecular complexity index is 1070. The van der Waals surface area contributed by atoms with E-state index >= 15 is 0 Å². The summed E-state index contributed by atoms with van der Waals surface area (Å²) in [5.41, 5.74) is 5.30. The maximum atomic E-state index is 12.6. The molecular formula is C24H27NO4. The first-order valence-corrected chi connectivity index (χ1v) is 9.65. The minimum atomic E-state index is -0.201. The van der Waals surface area contributed by atoms with Crippen molar-refractivity contribution in [3.63, 3.8) is 0 Å². The van der Waals surface area contributed by atoms with Crippen LogP contribution < -0.4 is 14.8 Å². The lowest BCUT2D eigenvalue weighted by Crippen LogP contribution is -2.09. The zero-order valence-corrected chi connectivity index (χ0v) is 17.8. The molecule has 0 aliphatic carbocycles. The zero-order chi connectivity index (χ0) is 21.1. The first-order chi connectivity index (χ1) is 13.8. The summed E-state index contributed by atoms with van der Waals surface area (Å²) < 4.78 is 17.0. The molecule has 1 heterocycles. The number of hydrogen-bond acceptors (Lipinski definition) is 4. The van der Waals surface area contributed by atoms with Crippen LogP contribution >= 0.6 is 0 Å². The number of rotatable bonds is 6. The van der Waals surface area contributed by atoms with Gasteiger partial charge in [0.1, 0.15) is 22.8 Å². The van der Waals surface area contributed by atoms with Gasteiger partial charge in [-0.2, -0.15) is 0 Å². The number of ether oxygens (including phenoxy) is 2. The first-order valence-electron chi connectivity index (χ1n) is 9.65. The monoisotopic (exact) mass is 393 g/mol. The molecule has 0 aliphatic rings. The maximum Gasteiger partial charge on any atom is 0.248 e. The van der Waals surface area contributed by atoms with Crippen LogP contribution in [0.4, 0.5) is 5.69 Å². The molecule has 3 rings (SSSR count). The number of aryl methyl sites for hydroxylation is 3. The van der Waals surface area contributed by atoms with Gasteiger partial charge in [0.2, 0.25) is 5.91 Å². The molecule has 5 heteroatoms. The Kier molecular flexibility index (Phi) is 5.97. The summed E-state index contributed by atoms with van der Waals surface area (Å²) in [7, 11) is 1.61. The van der Waals surface area contributed by atoms with Gasteiger partial charge >= 0.3 is 0 Å². The molecule has 1 N–H and O–H groups in total. The predicted molar refractivity (Wildman–Crippen MR) is 117 cm³/mol. The maximum absolute atomic E-state index is 12.6. The van der Waals surface area contributed by atoms with Crippen molar-refractivity contribution in [3.8, 4) is 11.5 Å². The number of nitrogens with one attached hydrogen (secondary N) is 1. The molecule has 1 aromatic heterocycles. The first kappa shape index (κ1) is 20.5. The fraction of sp³-hybridized carbons (Fsp3) is 0.292. The number of anilines is 1. The molecule has 152 valence electrons. The van der Waals surface area contributed by atoms with Crippen LogP contribution in [0.1, 0.15) is 36.3 Å². The van der Waals surface area contributed by atoms with E-state index in [1.54, 1.807) is 37.5 Å². The summed E-state index contributed by atoms with van der Waals surface area (Å²) in [5, 5.41) is 3.93. The van der Waals surface area contributed by atoms with E-state index < -0.39 is 0 Å². The van der Waals surface area contributed by atoms with Crippen molar-refractivity contribution in [2.75, 3.05) is 19.0 Å². The van der Waals surface area contributed by atoms with E-state index in [2.05, 4.69) is 5.32 Å². The van der Waals surface area contributed by atoms with E-state index in [1.165, 1.54) is 0 Å². The van der Waals surface area contributed by atoms with Gasteiger partial charge < -0.3 is 19.2 Å². The Hall–Kier alpha value is -3.21. The summed E-state index contributed by atoms with van der Waals surface area (Å²) in [5.74, 6) is 2.18. The second kappa shape index (κ2) is 8.43. The quantitative estimate of drug-likeness (QED) is 0.537. The van der Waals surface area contributed by atoms with Gasteiger partial charge in [-0.3, -0.25) is 4.79 Å². The molecule has 0 spiro atoms. The minimum absolute atomic E-state index is 0.201. The van der Waals surface area contributed by atoms with Crippen molar-refractivity contribution < 1.29 is 18.7 Å². The van der Waals surface area contributed by atoms with Crippen molar-refractivity contribution in [2.45, 2.75) is 34.6 Å². The number of amides is 1. The highest BCUT2D eigenvalue weighted by Gasteiger charge is 2.18. The molecule has 0 bridgehead atoms. The smallest absolute Gasteiger partial charge is 0.248 e. The highest BCUT2D eigenvalue weighted by Crippen LogP contribution is 2.38. The van der Waals surface area contributed by atoms with E-state index in [1.807, 2.05) is 40.7 Å². The van der Waals surface area contributed by atoms with E-state index in [-0.39, 0.29) is 5.91 Å². The minimum Gasteiger partial charge on any atom is -0.497 e. The highest BCUT2D eigenvalue weighted by molar-refractivity contribution is 6.05. The Labute approximate surface area is 171 Å². The number of carbonyl (C=O) groups is 1. The lowest BCUT2D eigenvalue weighted by Gasteiger charge is -2.14. The standard InChI is InChI=1S/C24H27NO4/c1-7-28-23-16(4)24-21(15(3)17(5)29-24)13-20(23)14(2)12-22(26)25-18-8-10-19(27-6)11-9-18/h8-13H,7H2,1-6H3,(H,25,26)/b14-12+. The molecule has 1 amide bonds. The van der Waals surface area contributed by atoms with Crippen molar-refractivity contribution in [1.82, 2.24) is 0 Å². The fourth-order valence-corrected chi connectivity index (χ4v) is 3.36. The molecule has 3 aromatic rings. The SMILES string of the molecule is CCOc1c(/C(C)=C/C(=O)Nc2ccc(OC)cc2)cc2c(C)c(C)oc2c1C. The molecule has 0 unspecified atom stereocenters. The molecule has 5 nitrogen and oxygen atoms in total. The topological polar surface area (TPSA) is 60.7 Å². The van der Waals surface area contributed by atoms with Crippen LogP contribution in [0.25, 0.3) is 16.5 Å². The van der Waals surface area contributed by atoms with Gasteiger partial charge in [0, 0.05) is 28.3 Å². The number of furan rings is 1. The molecule has 0 saturated carbocycles. The van der Waals surface area contributed by atoms with Crippen molar-refractivity contribution >= 4 is 28.1 Å². The van der Waals surface area contributed by atoms with Gasteiger partial charge in [-0.25, -0.2) is 0 Å². The Morgan fingerprint density at radius 1 is 1.14 bits per heavy atom. The fourth-order valence-electron chi connectivity index (χ4n) is 3.36. The number of methoxy groups -OCH3 is 1. The molecular weight excluding hydrogens is 366 g/mol. The van der Waals surface area contributed by atoms with E-state index in [0.717, 1.165) is 50.5 Å². The number of benzene rings is 2. The highest BCUT2D eigenvalue weighted by atomic mass is 16.5. The van der Waals surface area contributed by atoms with Gasteiger partial charge in [-0.15, -0.1) is 0 Å². The molecule has 0 radical (unpaired) electrons. The lowest BCUT2D eigenvalue weighted by molar-refractivity contribution is -0.111. The third-order valence-electron chi connectivity index (χ3n) is 5.07. The third kappa shape index (κ3) is 4.14. The van der Waals surface area contributed by atoms with Gasteiger partial charge in [-0.05, 0) is 76.1 Å². The Balaban J connectivity index is 1.97. The van der Waals surface area contributed by atoms with E-state index in [9.17, 15) is 4.79 Å². The van der Waals surface area contributed by atoms with Crippen LogP contribution in [-0.4, -0.2) is 19.6 Å². The van der Waals surface area contributed by atoms with Crippen LogP contribution in [-0.2, 0) is 4.79 Å². The second-order valence-electron chi connectivity index (χ2n) is 7.02. The predicted octanol–water partition coefficient (Wildman–Crippen LogP) is 5.81. The second-order valence-corrected chi connectivity index (χ2v) is 7.02. The largest absolute Gasteiger partial charge is 0.497 e.